The van der Waals surface area contributed by atoms with Crippen LogP contribution in [-0.4, -0.2) is 22.6 Å². The molecule has 0 atom stereocenters. The minimum atomic E-state index is -0.463. The second kappa shape index (κ2) is 6.70. The third-order valence-corrected chi connectivity index (χ3v) is 4.45. The van der Waals surface area contributed by atoms with Gasteiger partial charge in [-0.05, 0) is 48.1 Å². The molecule has 24 heavy (non-hydrogen) atoms. The van der Waals surface area contributed by atoms with Gasteiger partial charge in [-0.25, -0.2) is 4.79 Å². The van der Waals surface area contributed by atoms with Crippen LogP contribution in [0.15, 0.2) is 51.7 Å². The van der Waals surface area contributed by atoms with E-state index in [0.717, 1.165) is 10.0 Å². The number of carbonyl (C=O) groups is 1. The van der Waals surface area contributed by atoms with E-state index in [1.54, 1.807) is 18.2 Å². The third-order valence-electron chi connectivity index (χ3n) is 3.63. The van der Waals surface area contributed by atoms with E-state index in [9.17, 15) is 9.59 Å². The molecule has 1 N–H and O–H groups in total. The van der Waals surface area contributed by atoms with Crippen LogP contribution in [0.5, 0.6) is 0 Å². The van der Waals surface area contributed by atoms with Gasteiger partial charge in [0.2, 0.25) is 0 Å². The lowest BCUT2D eigenvalue weighted by Gasteiger charge is -2.09. The van der Waals surface area contributed by atoms with Crippen molar-refractivity contribution in [1.82, 2.24) is 9.55 Å². The Bertz CT molecular complexity index is 1060. The smallest absolute Gasteiger partial charge is 0.337 e. The topological polar surface area (TPSA) is 64.1 Å². The van der Waals surface area contributed by atoms with Crippen LogP contribution in [0.2, 0.25) is 0 Å². The monoisotopic (exact) mass is 404 g/mol. The van der Waals surface area contributed by atoms with Crippen molar-refractivity contribution in [2.24, 2.45) is 0 Å². The molecular weight excluding hydrogens is 392 g/mol. The Morgan fingerprint density at radius 1 is 1.29 bits per heavy atom. The number of H-pyrrole nitrogens is 1. The Morgan fingerprint density at radius 3 is 2.79 bits per heavy atom. The van der Waals surface area contributed by atoms with Crippen LogP contribution < -0.4 is 5.56 Å². The third kappa shape index (κ3) is 3.18. The lowest BCUT2D eigenvalue weighted by Crippen LogP contribution is -2.23. The van der Waals surface area contributed by atoms with Gasteiger partial charge >= 0.3 is 5.97 Å². The molecule has 122 valence electrons. The summed E-state index contributed by atoms with van der Waals surface area (Å²) in [6.07, 6.45) is 0. The molecule has 0 aliphatic heterocycles. The number of hydrogen-bond donors (Lipinski definition) is 1. The number of rotatable bonds is 3. The minimum Gasteiger partial charge on any atom is -0.465 e. The number of hydrogen-bond acceptors (Lipinski definition) is 4. The van der Waals surface area contributed by atoms with Crippen molar-refractivity contribution >= 4 is 45.0 Å². The maximum absolute atomic E-state index is 12.7. The molecule has 0 saturated carbocycles. The lowest BCUT2D eigenvalue weighted by molar-refractivity contribution is 0.0601. The summed E-state index contributed by atoms with van der Waals surface area (Å²) in [5.74, 6) is -0.463. The number of aromatic amines is 1. The number of ether oxygens (including phenoxy) is 1. The van der Waals surface area contributed by atoms with Gasteiger partial charge in [-0.3, -0.25) is 9.36 Å². The van der Waals surface area contributed by atoms with Gasteiger partial charge in [-0.2, -0.15) is 0 Å². The van der Waals surface area contributed by atoms with Crippen LogP contribution in [0, 0.1) is 4.77 Å². The van der Waals surface area contributed by atoms with Gasteiger partial charge in [0.15, 0.2) is 4.77 Å². The molecule has 0 radical (unpaired) electrons. The number of esters is 1. The van der Waals surface area contributed by atoms with Crippen LogP contribution in [0.4, 0.5) is 0 Å². The standard InChI is InChI=1S/C17H13BrN2O3S/c1-23-16(22)11-5-6-13-14(8-11)19-17(24)20(15(13)21)9-10-3-2-4-12(18)7-10/h2-8H,9H2,1H3,(H,19,24). The van der Waals surface area contributed by atoms with Gasteiger partial charge in [0.1, 0.15) is 0 Å². The van der Waals surface area contributed by atoms with Gasteiger partial charge in [-0.15, -0.1) is 0 Å². The van der Waals surface area contributed by atoms with Crippen molar-refractivity contribution in [3.8, 4) is 0 Å². The lowest BCUT2D eigenvalue weighted by atomic mass is 10.1. The van der Waals surface area contributed by atoms with Crippen molar-refractivity contribution < 1.29 is 9.53 Å². The molecule has 0 saturated heterocycles. The van der Waals surface area contributed by atoms with Crippen LogP contribution in [-0.2, 0) is 11.3 Å². The first-order valence-electron chi connectivity index (χ1n) is 7.09. The van der Waals surface area contributed by atoms with Crippen molar-refractivity contribution in [2.75, 3.05) is 7.11 Å². The fourth-order valence-electron chi connectivity index (χ4n) is 2.46. The highest BCUT2D eigenvalue weighted by atomic mass is 79.9. The summed E-state index contributed by atoms with van der Waals surface area (Å²) in [7, 11) is 1.31. The number of carbonyl (C=O) groups excluding carboxylic acids is 1. The first kappa shape index (κ1) is 16.6. The van der Waals surface area contributed by atoms with Crippen molar-refractivity contribution in [1.29, 1.82) is 0 Å². The van der Waals surface area contributed by atoms with E-state index in [4.69, 9.17) is 17.0 Å². The number of halogens is 1. The van der Waals surface area contributed by atoms with Crippen LogP contribution in [0.25, 0.3) is 10.9 Å². The summed E-state index contributed by atoms with van der Waals surface area (Å²) in [5, 5.41) is 0.464. The van der Waals surface area contributed by atoms with E-state index in [0.29, 0.717) is 27.8 Å². The van der Waals surface area contributed by atoms with Gasteiger partial charge in [-0.1, -0.05) is 28.1 Å². The second-order valence-electron chi connectivity index (χ2n) is 5.20. The summed E-state index contributed by atoms with van der Waals surface area (Å²) >= 11 is 8.73. The molecule has 0 aliphatic carbocycles. The van der Waals surface area contributed by atoms with Crippen LogP contribution >= 0.6 is 28.1 Å². The number of nitrogens with zero attached hydrogens (tertiary/aromatic N) is 1. The molecule has 0 unspecified atom stereocenters. The molecule has 2 aromatic carbocycles. The maximum atomic E-state index is 12.7. The van der Waals surface area contributed by atoms with Crippen molar-refractivity contribution in [3.63, 3.8) is 0 Å². The molecule has 0 spiro atoms. The fraction of sp³-hybridized carbons (Fsp3) is 0.118. The highest BCUT2D eigenvalue weighted by Crippen LogP contribution is 2.14. The molecule has 3 rings (SSSR count). The van der Waals surface area contributed by atoms with E-state index in [2.05, 4.69) is 20.9 Å². The average Bonchev–Trinajstić information content (AvgIpc) is 2.57. The van der Waals surface area contributed by atoms with Crippen LogP contribution in [0.3, 0.4) is 0 Å². The number of fused-ring (bicyclic) bond motifs is 1. The van der Waals surface area contributed by atoms with E-state index in [1.165, 1.54) is 11.7 Å². The SMILES string of the molecule is COC(=O)c1ccc2c(=O)n(Cc3cccc(Br)c3)c(=S)[nH]c2c1. The van der Waals surface area contributed by atoms with Crippen LogP contribution in [0.1, 0.15) is 15.9 Å². The minimum absolute atomic E-state index is 0.204. The first-order valence-corrected chi connectivity index (χ1v) is 8.29. The molecular formula is C17H13BrN2O3S. The quantitative estimate of drug-likeness (QED) is 0.534. The summed E-state index contributed by atoms with van der Waals surface area (Å²) < 4.78 is 7.43. The fourth-order valence-corrected chi connectivity index (χ4v) is 3.16. The molecule has 0 aliphatic rings. The summed E-state index contributed by atoms with van der Waals surface area (Å²) in [6, 6.07) is 12.4. The molecule has 1 aromatic heterocycles. The van der Waals surface area contributed by atoms with E-state index < -0.39 is 5.97 Å². The largest absolute Gasteiger partial charge is 0.465 e. The Labute approximate surface area is 151 Å². The van der Waals surface area contributed by atoms with Gasteiger partial charge in [0.05, 0.1) is 30.1 Å². The van der Waals surface area contributed by atoms with Gasteiger partial charge < -0.3 is 9.72 Å². The molecule has 0 amide bonds. The van der Waals surface area contributed by atoms with E-state index in [1.807, 2.05) is 24.3 Å². The number of nitrogens with one attached hydrogen (secondary N) is 1. The summed E-state index contributed by atoms with van der Waals surface area (Å²) in [4.78, 5) is 27.4. The highest BCUT2D eigenvalue weighted by molar-refractivity contribution is 9.10. The number of aromatic nitrogens is 2. The maximum Gasteiger partial charge on any atom is 0.337 e. The number of methoxy groups -OCH3 is 1. The molecule has 1 heterocycles. The number of benzene rings is 2. The first-order chi connectivity index (χ1) is 11.5. The molecule has 0 fully saturated rings. The Hall–Kier alpha value is -2.25. The molecule has 5 nitrogen and oxygen atoms in total. The zero-order valence-corrected chi connectivity index (χ0v) is 15.1. The Kier molecular flexibility index (Phi) is 4.64. The van der Waals surface area contributed by atoms with Crippen molar-refractivity contribution in [3.05, 3.63) is 73.2 Å². The van der Waals surface area contributed by atoms with E-state index >= 15 is 0 Å². The normalized spacial score (nSPS) is 10.8. The molecule has 3 aromatic rings. The average molecular weight is 405 g/mol. The molecule has 0 bridgehead atoms. The van der Waals surface area contributed by atoms with E-state index in [-0.39, 0.29) is 5.56 Å². The second-order valence-corrected chi connectivity index (χ2v) is 6.51. The van der Waals surface area contributed by atoms with Gasteiger partial charge in [0.25, 0.3) is 5.56 Å². The summed E-state index contributed by atoms with van der Waals surface area (Å²) in [5.41, 5.74) is 1.62. The van der Waals surface area contributed by atoms with Gasteiger partial charge in [0, 0.05) is 4.47 Å². The highest BCUT2D eigenvalue weighted by Gasteiger charge is 2.10. The Balaban J connectivity index is 2.12. The predicted molar refractivity (Wildman–Crippen MR) is 98.0 cm³/mol. The van der Waals surface area contributed by atoms with Crippen molar-refractivity contribution in [2.45, 2.75) is 6.54 Å². The Morgan fingerprint density at radius 2 is 2.08 bits per heavy atom. The summed E-state index contributed by atoms with van der Waals surface area (Å²) in [6.45, 7) is 0.363. The molecule has 7 heteroatoms. The zero-order chi connectivity index (χ0) is 17.3. The zero-order valence-electron chi connectivity index (χ0n) is 12.7. The predicted octanol–water partition coefficient (Wildman–Crippen LogP) is 3.66.